The van der Waals surface area contributed by atoms with Crippen LogP contribution in [-0.2, 0) is 5.60 Å². The quantitative estimate of drug-likeness (QED) is 0.500. The molecule has 1 aromatic carbocycles. The summed E-state index contributed by atoms with van der Waals surface area (Å²) in [6.45, 7) is 3.29. The number of rotatable bonds is 1. The molecule has 0 fully saturated rings. The minimum Gasteiger partial charge on any atom is -0.399 e. The molecule has 0 saturated heterocycles. The minimum atomic E-state index is -1.46. The standard InChI is InChI=1S/C10H12N2O/c1-7-3-4-8(12)5-9(7)10(2,13)6-11/h3-5,13H,12H2,1-2H3. The molecule has 0 aliphatic rings. The highest BCUT2D eigenvalue weighted by molar-refractivity contribution is 5.47. The summed E-state index contributed by atoms with van der Waals surface area (Å²) >= 11 is 0. The first-order chi connectivity index (χ1) is 5.97. The first-order valence-corrected chi connectivity index (χ1v) is 3.97. The summed E-state index contributed by atoms with van der Waals surface area (Å²) in [5, 5.41) is 18.4. The molecule has 3 heteroatoms. The highest BCUT2D eigenvalue weighted by atomic mass is 16.3. The molecule has 1 rings (SSSR count). The fourth-order valence-corrected chi connectivity index (χ4v) is 1.22. The van der Waals surface area contributed by atoms with E-state index >= 15 is 0 Å². The van der Waals surface area contributed by atoms with Crippen molar-refractivity contribution in [3.05, 3.63) is 29.3 Å². The van der Waals surface area contributed by atoms with E-state index in [1.54, 1.807) is 18.2 Å². The van der Waals surface area contributed by atoms with Gasteiger partial charge in [-0.25, -0.2) is 0 Å². The lowest BCUT2D eigenvalue weighted by Gasteiger charge is -2.17. The van der Waals surface area contributed by atoms with Crippen molar-refractivity contribution in [2.24, 2.45) is 0 Å². The molecule has 0 bridgehead atoms. The average molecular weight is 176 g/mol. The molecule has 1 atom stereocenters. The number of nitrogens with two attached hydrogens (primary N) is 1. The zero-order chi connectivity index (χ0) is 10.1. The summed E-state index contributed by atoms with van der Waals surface area (Å²) in [6, 6.07) is 6.98. The Bertz CT molecular complexity index is 364. The minimum absolute atomic E-state index is 0.552. The van der Waals surface area contributed by atoms with E-state index in [2.05, 4.69) is 0 Å². The third-order valence-electron chi connectivity index (χ3n) is 2.00. The molecule has 1 unspecified atom stereocenters. The second-order valence-electron chi connectivity index (χ2n) is 3.26. The number of nitriles is 1. The third-order valence-corrected chi connectivity index (χ3v) is 2.00. The summed E-state index contributed by atoms with van der Waals surface area (Å²) in [5.74, 6) is 0. The number of benzene rings is 1. The van der Waals surface area contributed by atoms with Crippen molar-refractivity contribution in [3.8, 4) is 6.07 Å². The van der Waals surface area contributed by atoms with Crippen LogP contribution in [0.5, 0.6) is 0 Å². The lowest BCUT2D eigenvalue weighted by molar-refractivity contribution is 0.119. The molecule has 3 nitrogen and oxygen atoms in total. The van der Waals surface area contributed by atoms with E-state index in [1.165, 1.54) is 6.92 Å². The van der Waals surface area contributed by atoms with Crippen molar-refractivity contribution < 1.29 is 5.11 Å². The summed E-state index contributed by atoms with van der Waals surface area (Å²) < 4.78 is 0. The fourth-order valence-electron chi connectivity index (χ4n) is 1.22. The number of anilines is 1. The van der Waals surface area contributed by atoms with Crippen molar-refractivity contribution in [1.29, 1.82) is 5.26 Å². The number of aryl methyl sites for hydroxylation is 1. The van der Waals surface area contributed by atoms with Gasteiger partial charge in [-0.15, -0.1) is 0 Å². The van der Waals surface area contributed by atoms with E-state index in [0.717, 1.165) is 5.56 Å². The van der Waals surface area contributed by atoms with E-state index < -0.39 is 5.60 Å². The predicted octanol–water partition coefficient (Wildman–Crippen LogP) is 1.31. The van der Waals surface area contributed by atoms with E-state index in [1.807, 2.05) is 13.0 Å². The predicted molar refractivity (Wildman–Crippen MR) is 50.8 cm³/mol. The fraction of sp³-hybridized carbons (Fsp3) is 0.300. The number of nitrogens with zero attached hydrogens (tertiary/aromatic N) is 1. The van der Waals surface area contributed by atoms with E-state index in [9.17, 15) is 5.11 Å². The molecule has 0 aromatic heterocycles. The third kappa shape index (κ3) is 1.79. The van der Waals surface area contributed by atoms with Crippen LogP contribution < -0.4 is 5.73 Å². The molecule has 0 aliphatic carbocycles. The van der Waals surface area contributed by atoms with Gasteiger partial charge in [0.05, 0.1) is 0 Å². The van der Waals surface area contributed by atoms with Gasteiger partial charge < -0.3 is 10.8 Å². The SMILES string of the molecule is Cc1ccc(N)cc1C(C)(O)C#N. The van der Waals surface area contributed by atoms with Crippen molar-refractivity contribution in [3.63, 3.8) is 0 Å². The van der Waals surface area contributed by atoms with Crippen LogP contribution in [-0.4, -0.2) is 5.11 Å². The van der Waals surface area contributed by atoms with Crippen molar-refractivity contribution >= 4 is 5.69 Å². The topological polar surface area (TPSA) is 70.0 Å². The summed E-state index contributed by atoms with van der Waals surface area (Å²) in [4.78, 5) is 0. The van der Waals surface area contributed by atoms with Crippen molar-refractivity contribution in [1.82, 2.24) is 0 Å². The van der Waals surface area contributed by atoms with E-state index in [0.29, 0.717) is 11.3 Å². The van der Waals surface area contributed by atoms with Gasteiger partial charge in [0, 0.05) is 11.3 Å². The van der Waals surface area contributed by atoms with Gasteiger partial charge in [-0.1, -0.05) is 6.07 Å². The number of nitrogen functional groups attached to an aromatic ring is 1. The maximum absolute atomic E-state index is 9.68. The van der Waals surface area contributed by atoms with Crippen molar-refractivity contribution in [2.75, 3.05) is 5.73 Å². The van der Waals surface area contributed by atoms with Gasteiger partial charge in [-0.05, 0) is 31.5 Å². The number of hydrogen-bond acceptors (Lipinski definition) is 3. The number of aliphatic hydroxyl groups is 1. The number of hydrogen-bond donors (Lipinski definition) is 2. The molecule has 0 saturated carbocycles. The van der Waals surface area contributed by atoms with Crippen LogP contribution in [0.25, 0.3) is 0 Å². The first-order valence-electron chi connectivity index (χ1n) is 3.97. The van der Waals surface area contributed by atoms with Gasteiger partial charge in [-0.3, -0.25) is 0 Å². The van der Waals surface area contributed by atoms with Crippen LogP contribution in [0.2, 0.25) is 0 Å². The van der Waals surface area contributed by atoms with Crippen LogP contribution >= 0.6 is 0 Å². The van der Waals surface area contributed by atoms with Crippen LogP contribution in [0, 0.1) is 18.3 Å². The van der Waals surface area contributed by atoms with Crippen LogP contribution in [0.4, 0.5) is 5.69 Å². The molecule has 3 N–H and O–H groups in total. The van der Waals surface area contributed by atoms with Crippen LogP contribution in [0.1, 0.15) is 18.1 Å². The Morgan fingerprint density at radius 2 is 2.15 bits per heavy atom. The lowest BCUT2D eigenvalue weighted by atomic mass is 9.93. The highest BCUT2D eigenvalue weighted by Gasteiger charge is 2.24. The Kier molecular flexibility index (Phi) is 2.26. The second kappa shape index (κ2) is 3.08. The summed E-state index contributed by atoms with van der Waals surface area (Å²) in [7, 11) is 0. The average Bonchev–Trinajstić information content (AvgIpc) is 2.09. The van der Waals surface area contributed by atoms with E-state index in [-0.39, 0.29) is 0 Å². The first kappa shape index (κ1) is 9.56. The Hall–Kier alpha value is -1.53. The Morgan fingerprint density at radius 1 is 1.54 bits per heavy atom. The molecule has 1 aromatic rings. The van der Waals surface area contributed by atoms with Gasteiger partial charge in [0.2, 0.25) is 0 Å². The van der Waals surface area contributed by atoms with Gasteiger partial charge in [0.25, 0.3) is 0 Å². The molecule has 68 valence electrons. The summed E-state index contributed by atoms with van der Waals surface area (Å²) in [5.41, 5.74) is 6.08. The largest absolute Gasteiger partial charge is 0.399 e. The van der Waals surface area contributed by atoms with E-state index in [4.69, 9.17) is 11.0 Å². The van der Waals surface area contributed by atoms with Crippen molar-refractivity contribution in [2.45, 2.75) is 19.4 Å². The smallest absolute Gasteiger partial charge is 0.174 e. The Morgan fingerprint density at radius 3 is 2.69 bits per heavy atom. The molecule has 0 radical (unpaired) electrons. The van der Waals surface area contributed by atoms with Gasteiger partial charge in [0.15, 0.2) is 5.60 Å². The second-order valence-corrected chi connectivity index (χ2v) is 3.26. The normalized spacial score (nSPS) is 14.6. The molecule has 13 heavy (non-hydrogen) atoms. The zero-order valence-corrected chi connectivity index (χ0v) is 7.70. The molecule has 0 heterocycles. The lowest BCUT2D eigenvalue weighted by Crippen LogP contribution is -2.19. The monoisotopic (exact) mass is 176 g/mol. The van der Waals surface area contributed by atoms with Gasteiger partial charge in [-0.2, -0.15) is 5.26 Å². The maximum atomic E-state index is 9.68. The van der Waals surface area contributed by atoms with Crippen LogP contribution in [0.15, 0.2) is 18.2 Å². The van der Waals surface area contributed by atoms with Crippen LogP contribution in [0.3, 0.4) is 0 Å². The summed E-state index contributed by atoms with van der Waals surface area (Å²) in [6.07, 6.45) is 0. The highest BCUT2D eigenvalue weighted by Crippen LogP contribution is 2.24. The molecular formula is C10H12N2O. The molecule has 0 amide bonds. The Balaban J connectivity index is 3.30. The van der Waals surface area contributed by atoms with Gasteiger partial charge >= 0.3 is 0 Å². The van der Waals surface area contributed by atoms with Gasteiger partial charge in [0.1, 0.15) is 6.07 Å². The zero-order valence-electron chi connectivity index (χ0n) is 7.70. The molecule has 0 aliphatic heterocycles. The maximum Gasteiger partial charge on any atom is 0.174 e. The molecular weight excluding hydrogens is 164 g/mol. The molecule has 0 spiro atoms. The Labute approximate surface area is 77.4 Å².